The number of ether oxygens (including phenoxy) is 3. The predicted octanol–water partition coefficient (Wildman–Crippen LogP) is 2.46. The van der Waals surface area contributed by atoms with Gasteiger partial charge in [-0.25, -0.2) is 4.79 Å². The maximum absolute atomic E-state index is 13.1. The van der Waals surface area contributed by atoms with E-state index in [0.29, 0.717) is 35.3 Å². The molecule has 8 nitrogen and oxygen atoms in total. The summed E-state index contributed by atoms with van der Waals surface area (Å²) >= 11 is 5.85. The number of nitrogens with zero attached hydrogens (tertiary/aromatic N) is 1. The number of rotatable bonds is 7. The third kappa shape index (κ3) is 4.46. The van der Waals surface area contributed by atoms with Crippen LogP contribution in [0.1, 0.15) is 18.1 Å². The Kier molecular flexibility index (Phi) is 6.04. The number of urea groups is 1. The molecule has 2 unspecified atom stereocenters. The second kappa shape index (κ2) is 8.74. The number of carbonyl (C=O) groups is 2. The van der Waals surface area contributed by atoms with E-state index in [1.165, 1.54) is 0 Å². The molecule has 31 heavy (non-hydrogen) atoms. The zero-order chi connectivity index (χ0) is 22.0. The van der Waals surface area contributed by atoms with Gasteiger partial charge in [0.1, 0.15) is 18.8 Å². The number of hydrogen-bond acceptors (Lipinski definition) is 6. The summed E-state index contributed by atoms with van der Waals surface area (Å²) in [4.78, 5) is 26.6. The molecule has 0 saturated carbocycles. The van der Waals surface area contributed by atoms with Crippen LogP contribution in [0, 0.1) is 0 Å². The zero-order valence-electron chi connectivity index (χ0n) is 17.0. The van der Waals surface area contributed by atoms with Crippen LogP contribution in [-0.4, -0.2) is 54.4 Å². The van der Waals surface area contributed by atoms with E-state index in [-0.39, 0.29) is 19.8 Å². The molecule has 2 N–H and O–H groups in total. The Labute approximate surface area is 184 Å². The number of amides is 3. The van der Waals surface area contributed by atoms with Crippen LogP contribution in [-0.2, 0) is 21.7 Å². The van der Waals surface area contributed by atoms with Crippen molar-refractivity contribution in [1.82, 2.24) is 10.2 Å². The van der Waals surface area contributed by atoms with Crippen molar-refractivity contribution in [3.8, 4) is 11.5 Å². The average Bonchev–Trinajstić information content (AvgIpc) is 2.98. The molecule has 2 heterocycles. The second-order valence-corrected chi connectivity index (χ2v) is 8.06. The first-order chi connectivity index (χ1) is 14.9. The molecule has 4 rings (SSSR count). The van der Waals surface area contributed by atoms with E-state index in [9.17, 15) is 14.7 Å². The molecule has 1 saturated heterocycles. The first kappa shape index (κ1) is 21.4. The predicted molar refractivity (Wildman–Crippen MR) is 112 cm³/mol. The van der Waals surface area contributed by atoms with Crippen LogP contribution in [0.4, 0.5) is 4.79 Å². The molecule has 0 aromatic heterocycles. The van der Waals surface area contributed by atoms with Gasteiger partial charge in [0.15, 0.2) is 11.5 Å². The van der Waals surface area contributed by atoms with Gasteiger partial charge in [0, 0.05) is 5.02 Å². The Morgan fingerprint density at radius 1 is 1.16 bits per heavy atom. The lowest BCUT2D eigenvalue weighted by molar-refractivity contribution is -0.132. The van der Waals surface area contributed by atoms with Gasteiger partial charge in [-0.3, -0.25) is 9.69 Å². The Morgan fingerprint density at radius 2 is 1.87 bits per heavy atom. The van der Waals surface area contributed by atoms with Gasteiger partial charge in [-0.05, 0) is 42.3 Å². The molecule has 0 aliphatic carbocycles. The molecule has 1 fully saturated rings. The molecule has 0 bridgehead atoms. The fourth-order valence-corrected chi connectivity index (χ4v) is 3.70. The summed E-state index contributed by atoms with van der Waals surface area (Å²) in [5.74, 6) is 0.674. The summed E-state index contributed by atoms with van der Waals surface area (Å²) in [5.41, 5.74) is 0.209. The van der Waals surface area contributed by atoms with E-state index in [1.54, 1.807) is 37.3 Å². The monoisotopic (exact) mass is 446 g/mol. The van der Waals surface area contributed by atoms with Crippen LogP contribution in [0.25, 0.3) is 0 Å². The minimum absolute atomic E-state index is 0.0274. The number of benzene rings is 2. The van der Waals surface area contributed by atoms with Gasteiger partial charge >= 0.3 is 6.03 Å². The average molecular weight is 447 g/mol. The summed E-state index contributed by atoms with van der Waals surface area (Å²) in [6.45, 7) is 2.59. The quantitative estimate of drug-likeness (QED) is 0.634. The van der Waals surface area contributed by atoms with E-state index < -0.39 is 23.6 Å². The lowest BCUT2D eigenvalue weighted by atomic mass is 9.91. The molecule has 2 atom stereocenters. The minimum Gasteiger partial charge on any atom is -0.486 e. The number of fused-ring (bicyclic) bond motifs is 1. The third-order valence-corrected chi connectivity index (χ3v) is 5.53. The molecule has 2 aliphatic heterocycles. The highest BCUT2D eigenvalue weighted by Crippen LogP contribution is 2.36. The van der Waals surface area contributed by atoms with Crippen LogP contribution < -0.4 is 14.8 Å². The van der Waals surface area contributed by atoms with E-state index in [4.69, 9.17) is 25.8 Å². The minimum atomic E-state index is -1.27. The number of β-amino-alcohol motifs (C(OH)–C–C–N with tert-alkyl or cyclic N) is 1. The number of halogens is 1. The Balaban J connectivity index is 1.37. The molecule has 2 aliphatic rings. The highest BCUT2D eigenvalue weighted by Gasteiger charge is 2.49. The fourth-order valence-electron chi connectivity index (χ4n) is 3.57. The fraction of sp³-hybridized carbons (Fsp3) is 0.364. The number of imide groups is 1. The van der Waals surface area contributed by atoms with Crippen LogP contribution in [0.2, 0.25) is 5.02 Å². The molecular weight excluding hydrogens is 424 g/mol. The summed E-state index contributed by atoms with van der Waals surface area (Å²) < 4.78 is 16.6. The lowest BCUT2D eigenvalue weighted by Crippen LogP contribution is -2.42. The molecule has 3 amide bonds. The van der Waals surface area contributed by atoms with Crippen molar-refractivity contribution in [3.05, 3.63) is 58.6 Å². The molecule has 0 spiro atoms. The van der Waals surface area contributed by atoms with Gasteiger partial charge in [0.25, 0.3) is 5.91 Å². The Bertz CT molecular complexity index is 982. The highest BCUT2D eigenvalue weighted by atomic mass is 35.5. The first-order valence-electron chi connectivity index (χ1n) is 9.91. The molecule has 9 heteroatoms. The van der Waals surface area contributed by atoms with Crippen molar-refractivity contribution in [1.29, 1.82) is 0 Å². The molecule has 0 radical (unpaired) electrons. The van der Waals surface area contributed by atoms with Gasteiger partial charge in [-0.2, -0.15) is 0 Å². The van der Waals surface area contributed by atoms with Gasteiger partial charge in [0.2, 0.25) is 0 Å². The number of aliphatic hydroxyl groups excluding tert-OH is 1. The van der Waals surface area contributed by atoms with Crippen molar-refractivity contribution in [3.63, 3.8) is 0 Å². The van der Waals surface area contributed by atoms with Gasteiger partial charge < -0.3 is 24.6 Å². The Morgan fingerprint density at radius 3 is 2.61 bits per heavy atom. The summed E-state index contributed by atoms with van der Waals surface area (Å²) in [5, 5.41) is 13.7. The Hall–Kier alpha value is -2.81. The normalized spacial score (nSPS) is 21.2. The molecular formula is C22H23ClN2O6. The van der Waals surface area contributed by atoms with E-state index in [1.807, 2.05) is 12.1 Å². The topological polar surface area (TPSA) is 97.3 Å². The van der Waals surface area contributed by atoms with Gasteiger partial charge in [0.05, 0.1) is 25.9 Å². The van der Waals surface area contributed by atoms with Crippen molar-refractivity contribution in [2.75, 3.05) is 26.4 Å². The second-order valence-electron chi connectivity index (χ2n) is 7.62. The van der Waals surface area contributed by atoms with E-state index in [0.717, 1.165) is 10.5 Å². The summed E-state index contributed by atoms with van der Waals surface area (Å²) in [6.07, 6.45) is -1.02. The van der Waals surface area contributed by atoms with Crippen LogP contribution in [0.5, 0.6) is 11.5 Å². The van der Waals surface area contributed by atoms with Gasteiger partial charge in [-0.15, -0.1) is 0 Å². The van der Waals surface area contributed by atoms with Crippen LogP contribution >= 0.6 is 11.6 Å². The number of aliphatic hydroxyl groups is 1. The van der Waals surface area contributed by atoms with Crippen molar-refractivity contribution < 1.29 is 28.9 Å². The van der Waals surface area contributed by atoms with E-state index >= 15 is 0 Å². The van der Waals surface area contributed by atoms with Crippen molar-refractivity contribution in [2.45, 2.75) is 25.2 Å². The highest BCUT2D eigenvalue weighted by molar-refractivity contribution is 6.30. The smallest absolute Gasteiger partial charge is 0.325 e. The summed E-state index contributed by atoms with van der Waals surface area (Å²) in [6, 6.07) is 11.7. The molecule has 164 valence electrons. The van der Waals surface area contributed by atoms with Crippen LogP contribution in [0.3, 0.4) is 0 Å². The maximum atomic E-state index is 13.1. The number of carbonyl (C=O) groups excluding carboxylic acids is 2. The third-order valence-electron chi connectivity index (χ3n) is 5.28. The van der Waals surface area contributed by atoms with Crippen molar-refractivity contribution in [2.24, 2.45) is 0 Å². The first-order valence-corrected chi connectivity index (χ1v) is 10.3. The zero-order valence-corrected chi connectivity index (χ0v) is 17.7. The van der Waals surface area contributed by atoms with E-state index in [2.05, 4.69) is 5.32 Å². The van der Waals surface area contributed by atoms with Crippen molar-refractivity contribution >= 4 is 23.5 Å². The SMILES string of the molecule is CC1(c2ccc3c(c2)OCCO3)NC(=O)N(CC(O)COCc2ccc(Cl)cc2)C1=O. The number of nitrogens with one attached hydrogen (secondary N) is 1. The van der Waals surface area contributed by atoms with Crippen LogP contribution in [0.15, 0.2) is 42.5 Å². The van der Waals surface area contributed by atoms with Gasteiger partial charge in [-0.1, -0.05) is 29.8 Å². The molecule has 2 aromatic carbocycles. The molecule has 2 aromatic rings. The maximum Gasteiger partial charge on any atom is 0.325 e. The summed E-state index contributed by atoms with van der Waals surface area (Å²) in [7, 11) is 0. The number of hydrogen-bond donors (Lipinski definition) is 2. The lowest BCUT2D eigenvalue weighted by Gasteiger charge is -2.25. The largest absolute Gasteiger partial charge is 0.486 e. The standard InChI is InChI=1S/C22H23ClN2O6/c1-22(15-4-7-18-19(10-15)31-9-8-30-18)20(27)25(21(28)24-22)11-17(26)13-29-12-14-2-5-16(23)6-3-14/h2-7,10,17,26H,8-9,11-13H2,1H3,(H,24,28).